The molecule has 2 N–H and O–H groups in total. The van der Waals surface area contributed by atoms with Gasteiger partial charge in [-0.2, -0.15) is 0 Å². The molecule has 0 bridgehead atoms. The van der Waals surface area contributed by atoms with Crippen molar-refractivity contribution in [2.24, 2.45) is 0 Å². The van der Waals surface area contributed by atoms with Gasteiger partial charge >= 0.3 is 0 Å². The summed E-state index contributed by atoms with van der Waals surface area (Å²) < 4.78 is 24.7. The van der Waals surface area contributed by atoms with Crippen LogP contribution in [0.5, 0.6) is 0 Å². The van der Waals surface area contributed by atoms with Crippen molar-refractivity contribution in [1.82, 2.24) is 14.9 Å². The third-order valence-corrected chi connectivity index (χ3v) is 5.89. The van der Waals surface area contributed by atoms with E-state index in [0.29, 0.717) is 18.5 Å². The smallest absolute Gasteiger partial charge is 0.251 e. The number of nitrogens with one attached hydrogen (secondary N) is 2. The highest BCUT2D eigenvalue weighted by atomic mass is 32.2. The van der Waals surface area contributed by atoms with Crippen LogP contribution in [0.15, 0.2) is 54.6 Å². The largest absolute Gasteiger partial charge is 0.349 e. The first-order valence-electron chi connectivity index (χ1n) is 10.00. The molecule has 29 heavy (non-hydrogen) atoms. The van der Waals surface area contributed by atoms with Gasteiger partial charge in [-0.05, 0) is 42.5 Å². The molecular formula is C22H29N3O3S. The van der Waals surface area contributed by atoms with E-state index in [0.717, 1.165) is 44.3 Å². The maximum absolute atomic E-state index is 12.5. The van der Waals surface area contributed by atoms with Crippen LogP contribution in [-0.4, -0.2) is 51.2 Å². The maximum Gasteiger partial charge on any atom is 0.251 e. The average molecular weight is 416 g/mol. The zero-order valence-corrected chi connectivity index (χ0v) is 17.6. The Hall–Kier alpha value is -2.22. The first kappa shape index (κ1) is 21.5. The molecule has 1 heterocycles. The fourth-order valence-corrected chi connectivity index (χ4v) is 4.02. The van der Waals surface area contributed by atoms with Crippen LogP contribution in [-0.2, 0) is 23.0 Å². The fraction of sp³-hybridized carbons (Fsp3) is 0.409. The SMILES string of the molecule is CS(=O)(=O)NCCc1ccc(C(=O)NC2CCN(Cc3ccccc3)CC2)cc1. The van der Waals surface area contributed by atoms with Gasteiger partial charge < -0.3 is 5.32 Å². The first-order chi connectivity index (χ1) is 13.9. The molecule has 0 saturated carbocycles. The van der Waals surface area contributed by atoms with Crippen LogP contribution in [0, 0.1) is 0 Å². The monoisotopic (exact) mass is 415 g/mol. The molecule has 2 aromatic carbocycles. The average Bonchev–Trinajstić information content (AvgIpc) is 2.70. The lowest BCUT2D eigenvalue weighted by molar-refractivity contribution is 0.0909. The van der Waals surface area contributed by atoms with Crippen molar-refractivity contribution < 1.29 is 13.2 Å². The van der Waals surface area contributed by atoms with Gasteiger partial charge in [-0.3, -0.25) is 9.69 Å². The Morgan fingerprint density at radius 1 is 1.00 bits per heavy atom. The van der Waals surface area contributed by atoms with Crippen molar-refractivity contribution in [2.75, 3.05) is 25.9 Å². The molecule has 0 atom stereocenters. The summed E-state index contributed by atoms with van der Waals surface area (Å²) in [5.74, 6) is -0.0488. The normalized spacial score (nSPS) is 15.9. The van der Waals surface area contributed by atoms with Gasteiger partial charge in [-0.15, -0.1) is 0 Å². The predicted molar refractivity (Wildman–Crippen MR) is 115 cm³/mol. The molecule has 2 aromatic rings. The molecule has 0 aliphatic carbocycles. The number of hydrogen-bond donors (Lipinski definition) is 2. The molecule has 6 nitrogen and oxygen atoms in total. The summed E-state index contributed by atoms with van der Waals surface area (Å²) in [5, 5.41) is 3.14. The number of hydrogen-bond acceptors (Lipinski definition) is 4. The van der Waals surface area contributed by atoms with Crippen LogP contribution in [0.3, 0.4) is 0 Å². The number of amides is 1. The Bertz CT molecular complexity index is 891. The summed E-state index contributed by atoms with van der Waals surface area (Å²) in [6.45, 7) is 3.27. The van der Waals surface area contributed by atoms with Crippen LogP contribution in [0.4, 0.5) is 0 Å². The zero-order valence-electron chi connectivity index (χ0n) is 16.8. The highest BCUT2D eigenvalue weighted by molar-refractivity contribution is 7.88. The van der Waals surface area contributed by atoms with Crippen LogP contribution in [0.2, 0.25) is 0 Å². The van der Waals surface area contributed by atoms with Crippen molar-refractivity contribution in [2.45, 2.75) is 31.8 Å². The molecule has 1 saturated heterocycles. The van der Waals surface area contributed by atoms with E-state index in [-0.39, 0.29) is 11.9 Å². The molecule has 0 radical (unpaired) electrons. The third-order valence-electron chi connectivity index (χ3n) is 5.17. The second-order valence-corrected chi connectivity index (χ2v) is 9.46. The molecule has 1 aliphatic rings. The Kier molecular flexibility index (Phi) is 7.41. The Morgan fingerprint density at radius 2 is 1.66 bits per heavy atom. The van der Waals surface area contributed by atoms with Crippen LogP contribution in [0.25, 0.3) is 0 Å². The number of likely N-dealkylation sites (tertiary alicyclic amines) is 1. The van der Waals surface area contributed by atoms with Gasteiger partial charge in [0, 0.05) is 37.8 Å². The molecule has 3 rings (SSSR count). The van der Waals surface area contributed by atoms with E-state index in [2.05, 4.69) is 39.2 Å². The number of rotatable bonds is 8. The molecule has 1 aliphatic heterocycles. The highest BCUT2D eigenvalue weighted by Gasteiger charge is 2.21. The van der Waals surface area contributed by atoms with E-state index in [4.69, 9.17) is 0 Å². The fourth-order valence-electron chi connectivity index (χ4n) is 3.55. The van der Waals surface area contributed by atoms with Crippen LogP contribution < -0.4 is 10.0 Å². The summed E-state index contributed by atoms with van der Waals surface area (Å²) in [7, 11) is -3.17. The number of carbonyl (C=O) groups is 1. The Labute approximate surface area is 173 Å². The second-order valence-electron chi connectivity index (χ2n) is 7.62. The Morgan fingerprint density at radius 3 is 2.28 bits per heavy atom. The highest BCUT2D eigenvalue weighted by Crippen LogP contribution is 2.15. The number of piperidine rings is 1. The van der Waals surface area contributed by atoms with Crippen LogP contribution >= 0.6 is 0 Å². The van der Waals surface area contributed by atoms with Gasteiger partial charge in [-0.1, -0.05) is 42.5 Å². The minimum Gasteiger partial charge on any atom is -0.349 e. The lowest BCUT2D eigenvalue weighted by Crippen LogP contribution is -2.44. The van der Waals surface area contributed by atoms with Gasteiger partial charge in [0.05, 0.1) is 6.26 Å². The topological polar surface area (TPSA) is 78.5 Å². The minimum atomic E-state index is -3.17. The van der Waals surface area contributed by atoms with Gasteiger partial charge in [0.25, 0.3) is 5.91 Å². The van der Waals surface area contributed by atoms with E-state index < -0.39 is 10.0 Å². The van der Waals surface area contributed by atoms with Crippen LogP contribution in [0.1, 0.15) is 34.3 Å². The molecule has 7 heteroatoms. The van der Waals surface area contributed by atoms with E-state index in [1.54, 1.807) is 12.1 Å². The quantitative estimate of drug-likeness (QED) is 0.693. The summed E-state index contributed by atoms with van der Waals surface area (Å²) in [6.07, 6.45) is 3.64. The summed E-state index contributed by atoms with van der Waals surface area (Å²) >= 11 is 0. The van der Waals surface area contributed by atoms with Gasteiger partial charge in [0.2, 0.25) is 10.0 Å². The second kappa shape index (κ2) is 10.0. The standard InChI is InChI=1S/C22H29N3O3S/c1-29(27,28)23-14-11-18-7-9-20(10-8-18)22(26)24-21-12-15-25(16-13-21)17-19-5-3-2-4-6-19/h2-10,21,23H,11-17H2,1H3,(H,24,26). The van der Waals surface area contributed by atoms with Crippen molar-refractivity contribution in [1.29, 1.82) is 0 Å². The van der Waals surface area contributed by atoms with Crippen molar-refractivity contribution in [3.8, 4) is 0 Å². The van der Waals surface area contributed by atoms with E-state index >= 15 is 0 Å². The zero-order chi connectivity index (χ0) is 20.7. The summed E-state index contributed by atoms with van der Waals surface area (Å²) in [4.78, 5) is 15.0. The number of benzene rings is 2. The molecule has 1 fully saturated rings. The predicted octanol–water partition coefficient (Wildman–Crippen LogP) is 2.17. The van der Waals surface area contributed by atoms with Crippen molar-refractivity contribution in [3.05, 3.63) is 71.3 Å². The molecule has 156 valence electrons. The number of nitrogens with zero attached hydrogens (tertiary/aromatic N) is 1. The lowest BCUT2D eigenvalue weighted by atomic mass is 10.0. The van der Waals surface area contributed by atoms with E-state index in [1.807, 2.05) is 18.2 Å². The molecule has 0 aromatic heterocycles. The van der Waals surface area contributed by atoms with E-state index in [9.17, 15) is 13.2 Å². The minimum absolute atomic E-state index is 0.0488. The number of carbonyl (C=O) groups excluding carboxylic acids is 1. The molecule has 0 spiro atoms. The van der Waals surface area contributed by atoms with Gasteiger partial charge in [0.1, 0.15) is 0 Å². The lowest BCUT2D eigenvalue weighted by Gasteiger charge is -2.32. The molecule has 0 unspecified atom stereocenters. The van der Waals surface area contributed by atoms with E-state index in [1.165, 1.54) is 5.56 Å². The Balaban J connectivity index is 1.42. The van der Waals surface area contributed by atoms with Crippen molar-refractivity contribution >= 4 is 15.9 Å². The van der Waals surface area contributed by atoms with Crippen molar-refractivity contribution in [3.63, 3.8) is 0 Å². The molecular weight excluding hydrogens is 386 g/mol. The first-order valence-corrected chi connectivity index (χ1v) is 11.9. The maximum atomic E-state index is 12.5. The number of sulfonamides is 1. The summed E-state index contributed by atoms with van der Waals surface area (Å²) in [5.41, 5.74) is 2.95. The van der Waals surface area contributed by atoms with Gasteiger partial charge in [0.15, 0.2) is 0 Å². The summed E-state index contributed by atoms with van der Waals surface area (Å²) in [6, 6.07) is 18.0. The van der Waals surface area contributed by atoms with Gasteiger partial charge in [-0.25, -0.2) is 13.1 Å². The molecule has 1 amide bonds. The third kappa shape index (κ3) is 7.27.